The topological polar surface area (TPSA) is 56.7 Å². The van der Waals surface area contributed by atoms with Gasteiger partial charge in [-0.1, -0.05) is 11.6 Å². The molecular formula is C10H10BrClN4. The van der Waals surface area contributed by atoms with Crippen LogP contribution in [0.2, 0.25) is 5.02 Å². The van der Waals surface area contributed by atoms with Crippen LogP contribution in [0.1, 0.15) is 17.4 Å². The number of aromatic nitrogens is 3. The van der Waals surface area contributed by atoms with Crippen molar-refractivity contribution in [1.29, 1.82) is 0 Å². The maximum atomic E-state index is 6.13. The van der Waals surface area contributed by atoms with Crippen LogP contribution in [0.15, 0.2) is 29.0 Å². The van der Waals surface area contributed by atoms with Crippen LogP contribution in [-0.2, 0) is 7.05 Å². The van der Waals surface area contributed by atoms with Crippen LogP contribution in [0.5, 0.6) is 0 Å². The quantitative estimate of drug-likeness (QED) is 0.926. The predicted molar refractivity (Wildman–Crippen MR) is 66.2 cm³/mol. The number of nitrogens with zero attached hydrogens (tertiary/aromatic N) is 3. The van der Waals surface area contributed by atoms with E-state index in [4.69, 9.17) is 17.3 Å². The van der Waals surface area contributed by atoms with E-state index in [1.807, 2.05) is 7.05 Å². The Kier molecular flexibility index (Phi) is 3.28. The molecule has 4 nitrogen and oxygen atoms in total. The zero-order valence-corrected chi connectivity index (χ0v) is 10.9. The Bertz CT molecular complexity index is 492. The van der Waals surface area contributed by atoms with Crippen LogP contribution in [0.3, 0.4) is 0 Å². The Morgan fingerprint density at radius 1 is 1.56 bits per heavy atom. The summed E-state index contributed by atoms with van der Waals surface area (Å²) in [7, 11) is 1.83. The van der Waals surface area contributed by atoms with Crippen LogP contribution in [-0.4, -0.2) is 14.8 Å². The fraction of sp³-hybridized carbons (Fsp3) is 0.200. The second-order valence-electron chi connectivity index (χ2n) is 3.35. The average Bonchev–Trinajstić information content (AvgIpc) is 2.58. The van der Waals surface area contributed by atoms with Gasteiger partial charge in [0.05, 0.1) is 33.1 Å². The summed E-state index contributed by atoms with van der Waals surface area (Å²) in [6.07, 6.45) is 3.37. The third kappa shape index (κ3) is 1.98. The molecular weight excluding hydrogens is 291 g/mol. The maximum Gasteiger partial charge on any atom is 0.0923 e. The summed E-state index contributed by atoms with van der Waals surface area (Å²) in [5.41, 5.74) is 7.62. The van der Waals surface area contributed by atoms with Crippen LogP contribution < -0.4 is 5.73 Å². The van der Waals surface area contributed by atoms with Gasteiger partial charge in [0, 0.05) is 13.2 Å². The Hall–Kier alpha value is -0.910. The first-order valence-corrected chi connectivity index (χ1v) is 5.81. The van der Waals surface area contributed by atoms with Gasteiger partial charge in [0.15, 0.2) is 0 Å². The van der Waals surface area contributed by atoms with Crippen LogP contribution in [0.25, 0.3) is 0 Å². The lowest BCUT2D eigenvalue weighted by Crippen LogP contribution is -2.18. The number of aryl methyl sites for hydroxylation is 1. The van der Waals surface area contributed by atoms with Gasteiger partial charge in [-0.2, -0.15) is 5.10 Å². The molecule has 2 heterocycles. The lowest BCUT2D eigenvalue weighted by atomic mass is 10.1. The van der Waals surface area contributed by atoms with Gasteiger partial charge in [-0.15, -0.1) is 0 Å². The maximum absolute atomic E-state index is 6.13. The van der Waals surface area contributed by atoms with E-state index in [2.05, 4.69) is 26.0 Å². The SMILES string of the molecule is Cn1ncc(Br)c1C(N)c1ncccc1Cl. The molecule has 0 saturated heterocycles. The van der Waals surface area contributed by atoms with Crippen molar-refractivity contribution in [3.63, 3.8) is 0 Å². The molecule has 0 saturated carbocycles. The fourth-order valence-corrected chi connectivity index (χ4v) is 2.36. The Morgan fingerprint density at radius 2 is 2.31 bits per heavy atom. The Balaban J connectivity index is 2.47. The number of hydrogen-bond acceptors (Lipinski definition) is 3. The van der Waals surface area contributed by atoms with Crippen molar-refractivity contribution < 1.29 is 0 Å². The summed E-state index contributed by atoms with van der Waals surface area (Å²) in [6.45, 7) is 0. The van der Waals surface area contributed by atoms with Gasteiger partial charge < -0.3 is 5.73 Å². The summed E-state index contributed by atoms with van der Waals surface area (Å²) in [4.78, 5) is 4.20. The third-order valence-electron chi connectivity index (χ3n) is 2.31. The van der Waals surface area contributed by atoms with Crippen molar-refractivity contribution in [3.05, 3.63) is 45.4 Å². The normalized spacial score (nSPS) is 12.8. The largest absolute Gasteiger partial charge is 0.318 e. The van der Waals surface area contributed by atoms with Crippen molar-refractivity contribution in [1.82, 2.24) is 14.8 Å². The van der Waals surface area contributed by atoms with Crippen LogP contribution >= 0.6 is 27.5 Å². The lowest BCUT2D eigenvalue weighted by molar-refractivity contribution is 0.662. The van der Waals surface area contributed by atoms with E-state index in [1.165, 1.54) is 0 Å². The molecule has 1 atom stereocenters. The molecule has 0 fully saturated rings. The molecule has 2 rings (SSSR count). The summed E-state index contributed by atoms with van der Waals surface area (Å²) in [5, 5.41) is 4.67. The molecule has 0 aliphatic rings. The molecule has 16 heavy (non-hydrogen) atoms. The highest BCUT2D eigenvalue weighted by Gasteiger charge is 2.19. The van der Waals surface area contributed by atoms with Gasteiger partial charge in [0.2, 0.25) is 0 Å². The monoisotopic (exact) mass is 300 g/mol. The zero-order chi connectivity index (χ0) is 11.7. The summed E-state index contributed by atoms with van der Waals surface area (Å²) < 4.78 is 2.56. The molecule has 0 radical (unpaired) electrons. The van der Waals surface area contributed by atoms with Crippen LogP contribution in [0.4, 0.5) is 0 Å². The van der Waals surface area contributed by atoms with Gasteiger partial charge in [-0.3, -0.25) is 9.67 Å². The molecule has 0 aliphatic carbocycles. The summed E-state index contributed by atoms with van der Waals surface area (Å²) >= 11 is 9.46. The number of rotatable bonds is 2. The average molecular weight is 302 g/mol. The van der Waals surface area contributed by atoms with E-state index >= 15 is 0 Å². The lowest BCUT2D eigenvalue weighted by Gasteiger charge is -2.13. The number of nitrogens with two attached hydrogens (primary N) is 1. The standard InChI is InChI=1S/C10H10BrClN4/c1-16-10(6(11)5-15-16)8(13)9-7(12)3-2-4-14-9/h2-5,8H,13H2,1H3. The van der Waals surface area contributed by atoms with Gasteiger partial charge in [-0.05, 0) is 28.1 Å². The van der Waals surface area contributed by atoms with Crippen molar-refractivity contribution >= 4 is 27.5 Å². The molecule has 1 unspecified atom stereocenters. The third-order valence-corrected chi connectivity index (χ3v) is 3.24. The Morgan fingerprint density at radius 3 is 2.88 bits per heavy atom. The summed E-state index contributed by atoms with van der Waals surface area (Å²) in [6, 6.07) is 3.15. The van der Waals surface area contributed by atoms with E-state index in [1.54, 1.807) is 29.2 Å². The van der Waals surface area contributed by atoms with Crippen molar-refractivity contribution in [2.75, 3.05) is 0 Å². The van der Waals surface area contributed by atoms with E-state index in [9.17, 15) is 0 Å². The highest BCUT2D eigenvalue weighted by atomic mass is 79.9. The fourth-order valence-electron chi connectivity index (χ4n) is 1.53. The molecule has 0 bridgehead atoms. The molecule has 2 aromatic heterocycles. The molecule has 2 aromatic rings. The van der Waals surface area contributed by atoms with Gasteiger partial charge in [-0.25, -0.2) is 0 Å². The molecule has 0 spiro atoms. The van der Waals surface area contributed by atoms with Crippen molar-refractivity contribution in [2.24, 2.45) is 12.8 Å². The highest BCUT2D eigenvalue weighted by molar-refractivity contribution is 9.10. The molecule has 0 aromatic carbocycles. The van der Waals surface area contributed by atoms with Crippen molar-refractivity contribution in [2.45, 2.75) is 6.04 Å². The second kappa shape index (κ2) is 4.53. The second-order valence-corrected chi connectivity index (χ2v) is 4.61. The number of hydrogen-bond donors (Lipinski definition) is 1. The minimum absolute atomic E-state index is 0.393. The minimum Gasteiger partial charge on any atom is -0.318 e. The smallest absolute Gasteiger partial charge is 0.0923 e. The first kappa shape index (κ1) is 11.6. The molecule has 2 N–H and O–H groups in total. The first-order valence-electron chi connectivity index (χ1n) is 4.64. The predicted octanol–water partition coefficient (Wildman–Crippen LogP) is 2.28. The van der Waals surface area contributed by atoms with E-state index < -0.39 is 6.04 Å². The molecule has 6 heteroatoms. The van der Waals surface area contributed by atoms with E-state index in [0.29, 0.717) is 10.7 Å². The Labute approximate surface area is 107 Å². The first-order chi connectivity index (χ1) is 7.61. The van der Waals surface area contributed by atoms with Gasteiger partial charge in [0.1, 0.15) is 0 Å². The highest BCUT2D eigenvalue weighted by Crippen LogP contribution is 2.28. The zero-order valence-electron chi connectivity index (χ0n) is 8.56. The summed E-state index contributed by atoms with van der Waals surface area (Å²) in [5.74, 6) is 0. The van der Waals surface area contributed by atoms with Gasteiger partial charge in [0.25, 0.3) is 0 Å². The molecule has 84 valence electrons. The minimum atomic E-state index is -0.393. The number of halogens is 2. The molecule has 0 aliphatic heterocycles. The van der Waals surface area contributed by atoms with Crippen molar-refractivity contribution in [3.8, 4) is 0 Å². The van der Waals surface area contributed by atoms with Crippen LogP contribution in [0, 0.1) is 0 Å². The molecule has 0 amide bonds. The van der Waals surface area contributed by atoms with E-state index in [0.717, 1.165) is 10.2 Å². The van der Waals surface area contributed by atoms with E-state index in [-0.39, 0.29) is 0 Å². The number of pyridine rings is 1. The van der Waals surface area contributed by atoms with Gasteiger partial charge >= 0.3 is 0 Å².